The lowest BCUT2D eigenvalue weighted by atomic mass is 10.0. The molecule has 1 fully saturated rings. The van der Waals surface area contributed by atoms with Crippen LogP contribution in [-0.2, 0) is 0 Å². The quantitative estimate of drug-likeness (QED) is 0.877. The first-order valence-corrected chi connectivity index (χ1v) is 6.18. The first-order valence-electron chi connectivity index (χ1n) is 5.80. The molecule has 1 N–H and O–H groups in total. The lowest BCUT2D eigenvalue weighted by molar-refractivity contribution is 0.130. The zero-order valence-electron chi connectivity index (χ0n) is 9.56. The molecule has 1 aromatic carbocycles. The summed E-state index contributed by atoms with van der Waals surface area (Å²) >= 11 is 5.91. The van der Waals surface area contributed by atoms with Gasteiger partial charge in [0.25, 0.3) is 0 Å². The average Bonchev–Trinajstić information content (AvgIpc) is 2.64. The molecule has 0 aromatic heterocycles. The molecule has 88 valence electrons. The van der Waals surface area contributed by atoms with Crippen LogP contribution in [0.1, 0.15) is 30.9 Å². The molecule has 0 bridgehead atoms. The van der Waals surface area contributed by atoms with Crippen molar-refractivity contribution >= 4 is 11.6 Å². The third-order valence-corrected chi connectivity index (χ3v) is 3.64. The predicted octanol–water partition coefficient (Wildman–Crippen LogP) is 2.86. The van der Waals surface area contributed by atoms with E-state index in [1.165, 1.54) is 12.8 Å². The Labute approximate surface area is 102 Å². The summed E-state index contributed by atoms with van der Waals surface area (Å²) in [5.41, 5.74) is 0.924. The summed E-state index contributed by atoms with van der Waals surface area (Å²) < 4.78 is 0. The summed E-state index contributed by atoms with van der Waals surface area (Å²) in [4.78, 5) is 2.33. The van der Waals surface area contributed by atoms with E-state index in [0.717, 1.165) is 18.5 Å². The highest BCUT2D eigenvalue weighted by molar-refractivity contribution is 6.30. The molecule has 3 heteroatoms. The van der Waals surface area contributed by atoms with Gasteiger partial charge in [0.05, 0.1) is 6.10 Å². The summed E-state index contributed by atoms with van der Waals surface area (Å²) in [6.07, 6.45) is 2.83. The molecule has 0 saturated carbocycles. The summed E-state index contributed by atoms with van der Waals surface area (Å²) in [7, 11) is 2.13. The second kappa shape index (κ2) is 5.17. The normalized spacial score (nSPS) is 23.6. The smallest absolute Gasteiger partial charge is 0.0805 e. The average molecular weight is 240 g/mol. The van der Waals surface area contributed by atoms with Crippen molar-refractivity contribution in [3.63, 3.8) is 0 Å². The minimum Gasteiger partial charge on any atom is -0.388 e. The van der Waals surface area contributed by atoms with E-state index in [1.54, 1.807) is 0 Å². The summed E-state index contributed by atoms with van der Waals surface area (Å²) in [5.74, 6) is 0. The van der Waals surface area contributed by atoms with Crippen LogP contribution < -0.4 is 0 Å². The van der Waals surface area contributed by atoms with Gasteiger partial charge in [-0.1, -0.05) is 23.7 Å². The number of halogens is 1. The lowest BCUT2D eigenvalue weighted by Gasteiger charge is -2.22. The van der Waals surface area contributed by atoms with Crippen molar-refractivity contribution in [3.05, 3.63) is 34.9 Å². The third-order valence-electron chi connectivity index (χ3n) is 3.40. The Hall–Kier alpha value is -0.570. The van der Waals surface area contributed by atoms with Crippen LogP contribution in [0.5, 0.6) is 0 Å². The van der Waals surface area contributed by atoms with E-state index in [-0.39, 0.29) is 0 Å². The number of rotatable bonds is 3. The molecular weight excluding hydrogens is 222 g/mol. The van der Waals surface area contributed by atoms with Gasteiger partial charge in [-0.25, -0.2) is 0 Å². The van der Waals surface area contributed by atoms with Crippen LogP contribution in [0.3, 0.4) is 0 Å². The second-order valence-electron chi connectivity index (χ2n) is 4.58. The molecule has 2 rings (SSSR count). The Balaban J connectivity index is 1.99. The maximum Gasteiger partial charge on any atom is 0.0805 e. The zero-order chi connectivity index (χ0) is 11.5. The van der Waals surface area contributed by atoms with Crippen LogP contribution in [0.2, 0.25) is 5.02 Å². The minimum absolute atomic E-state index is 0.399. The van der Waals surface area contributed by atoms with E-state index in [1.807, 2.05) is 24.3 Å². The molecule has 1 saturated heterocycles. The van der Waals surface area contributed by atoms with Gasteiger partial charge < -0.3 is 10.0 Å². The maximum atomic E-state index is 10.1. The van der Waals surface area contributed by atoms with Crippen LogP contribution in [0.15, 0.2) is 24.3 Å². The Morgan fingerprint density at radius 3 is 3.00 bits per heavy atom. The predicted molar refractivity (Wildman–Crippen MR) is 66.7 cm³/mol. The van der Waals surface area contributed by atoms with Crippen molar-refractivity contribution in [2.24, 2.45) is 0 Å². The highest BCUT2D eigenvalue weighted by Crippen LogP contribution is 2.27. The van der Waals surface area contributed by atoms with Crippen LogP contribution in [0.25, 0.3) is 0 Å². The SMILES string of the molecule is CN1CCC[C@H]1C[C@H](O)c1cccc(Cl)c1. The first kappa shape index (κ1) is 11.9. The standard InChI is InChI=1S/C13H18ClNO/c1-15-7-3-6-12(15)9-13(16)10-4-2-5-11(14)8-10/h2,4-5,8,12-13,16H,3,6-7,9H2,1H3/t12-,13-/m0/s1. The third kappa shape index (κ3) is 2.76. The van der Waals surface area contributed by atoms with Gasteiger partial charge in [-0.05, 0) is 50.6 Å². The van der Waals surface area contributed by atoms with Gasteiger partial charge in [0, 0.05) is 11.1 Å². The van der Waals surface area contributed by atoms with Gasteiger partial charge in [-0.15, -0.1) is 0 Å². The number of hydrogen-bond donors (Lipinski definition) is 1. The molecule has 1 aliphatic rings. The molecule has 0 aliphatic carbocycles. The highest BCUT2D eigenvalue weighted by Gasteiger charge is 2.24. The molecule has 1 aromatic rings. The van der Waals surface area contributed by atoms with Crippen molar-refractivity contribution in [1.29, 1.82) is 0 Å². The van der Waals surface area contributed by atoms with E-state index in [0.29, 0.717) is 11.1 Å². The fourth-order valence-corrected chi connectivity index (χ4v) is 2.58. The molecule has 16 heavy (non-hydrogen) atoms. The summed E-state index contributed by atoms with van der Waals surface area (Å²) in [6.45, 7) is 1.15. The second-order valence-corrected chi connectivity index (χ2v) is 5.02. The molecular formula is C13H18ClNO. The minimum atomic E-state index is -0.399. The number of benzene rings is 1. The number of likely N-dealkylation sites (tertiary alicyclic amines) is 1. The Kier molecular flexibility index (Phi) is 3.85. The van der Waals surface area contributed by atoms with E-state index < -0.39 is 6.10 Å². The van der Waals surface area contributed by atoms with Crippen molar-refractivity contribution < 1.29 is 5.11 Å². The molecule has 1 aliphatic heterocycles. The molecule has 0 radical (unpaired) electrons. The molecule has 0 unspecified atom stereocenters. The monoisotopic (exact) mass is 239 g/mol. The maximum absolute atomic E-state index is 10.1. The van der Waals surface area contributed by atoms with E-state index >= 15 is 0 Å². The van der Waals surface area contributed by atoms with Crippen LogP contribution in [0.4, 0.5) is 0 Å². The van der Waals surface area contributed by atoms with Gasteiger partial charge >= 0.3 is 0 Å². The summed E-state index contributed by atoms with van der Waals surface area (Å²) in [5, 5.41) is 10.8. The zero-order valence-corrected chi connectivity index (χ0v) is 10.3. The fraction of sp³-hybridized carbons (Fsp3) is 0.538. The summed E-state index contributed by atoms with van der Waals surface area (Å²) in [6, 6.07) is 8.01. The molecule has 2 nitrogen and oxygen atoms in total. The van der Waals surface area contributed by atoms with Gasteiger partial charge in [-0.2, -0.15) is 0 Å². The van der Waals surface area contributed by atoms with Gasteiger partial charge in [0.15, 0.2) is 0 Å². The number of hydrogen-bond acceptors (Lipinski definition) is 2. The van der Waals surface area contributed by atoms with Gasteiger partial charge in [0.2, 0.25) is 0 Å². The molecule has 1 heterocycles. The number of aliphatic hydroxyl groups is 1. The molecule has 0 spiro atoms. The van der Waals surface area contributed by atoms with E-state index in [4.69, 9.17) is 11.6 Å². The van der Waals surface area contributed by atoms with Crippen molar-refractivity contribution in [2.75, 3.05) is 13.6 Å². The van der Waals surface area contributed by atoms with Crippen molar-refractivity contribution in [3.8, 4) is 0 Å². The van der Waals surface area contributed by atoms with E-state index in [9.17, 15) is 5.11 Å². The number of aliphatic hydroxyl groups excluding tert-OH is 1. The topological polar surface area (TPSA) is 23.5 Å². The van der Waals surface area contributed by atoms with Crippen LogP contribution in [-0.4, -0.2) is 29.6 Å². The molecule has 0 amide bonds. The number of nitrogens with zero attached hydrogens (tertiary/aromatic N) is 1. The lowest BCUT2D eigenvalue weighted by Crippen LogP contribution is -2.26. The van der Waals surface area contributed by atoms with Crippen LogP contribution in [0, 0.1) is 0 Å². The van der Waals surface area contributed by atoms with E-state index in [2.05, 4.69) is 11.9 Å². The largest absolute Gasteiger partial charge is 0.388 e. The van der Waals surface area contributed by atoms with Crippen molar-refractivity contribution in [1.82, 2.24) is 4.90 Å². The van der Waals surface area contributed by atoms with Gasteiger partial charge in [-0.3, -0.25) is 0 Å². The Morgan fingerprint density at radius 1 is 1.56 bits per heavy atom. The fourth-order valence-electron chi connectivity index (χ4n) is 2.38. The van der Waals surface area contributed by atoms with Crippen LogP contribution >= 0.6 is 11.6 Å². The van der Waals surface area contributed by atoms with Gasteiger partial charge in [0.1, 0.15) is 0 Å². The van der Waals surface area contributed by atoms with Crippen molar-refractivity contribution in [2.45, 2.75) is 31.4 Å². The molecule has 2 atom stereocenters. The highest BCUT2D eigenvalue weighted by atomic mass is 35.5. The first-order chi connectivity index (χ1) is 7.66. The Morgan fingerprint density at radius 2 is 2.38 bits per heavy atom. The Bertz CT molecular complexity index is 356.